The smallest absolute Gasteiger partial charge is 0.138 e. The lowest BCUT2D eigenvalue weighted by Crippen LogP contribution is -2.22. The molecule has 0 radical (unpaired) electrons. The summed E-state index contributed by atoms with van der Waals surface area (Å²) in [4.78, 5) is 24.5. The summed E-state index contributed by atoms with van der Waals surface area (Å²) in [6.07, 6.45) is 11.0. The van der Waals surface area contributed by atoms with Crippen molar-refractivity contribution < 1.29 is 4.79 Å². The van der Waals surface area contributed by atoms with Crippen LogP contribution in [-0.4, -0.2) is 22.3 Å². The van der Waals surface area contributed by atoms with Gasteiger partial charge in [0, 0.05) is 40.9 Å². The third-order valence-electron chi connectivity index (χ3n) is 6.30. The molecule has 0 aromatic carbocycles. The van der Waals surface area contributed by atoms with Crippen LogP contribution in [0.15, 0.2) is 18.5 Å². The van der Waals surface area contributed by atoms with Gasteiger partial charge in [0.05, 0.1) is 10.9 Å². The fourth-order valence-corrected chi connectivity index (χ4v) is 6.89. The van der Waals surface area contributed by atoms with E-state index in [1.165, 1.54) is 40.1 Å². The summed E-state index contributed by atoms with van der Waals surface area (Å²) < 4.78 is 1.16. The molecule has 152 valence electrons. The van der Waals surface area contributed by atoms with E-state index in [4.69, 9.17) is 4.98 Å². The van der Waals surface area contributed by atoms with Gasteiger partial charge in [0.1, 0.15) is 16.3 Å². The van der Waals surface area contributed by atoms with Gasteiger partial charge < -0.3 is 5.32 Å². The Bertz CT molecular complexity index is 1000. The Hall–Kier alpha value is -1.63. The molecule has 1 saturated carbocycles. The van der Waals surface area contributed by atoms with E-state index in [0.29, 0.717) is 18.6 Å². The molecule has 2 aliphatic rings. The third kappa shape index (κ3) is 4.16. The summed E-state index contributed by atoms with van der Waals surface area (Å²) in [6, 6.07) is 2.03. The van der Waals surface area contributed by atoms with E-state index in [2.05, 4.69) is 17.2 Å². The zero-order valence-corrected chi connectivity index (χ0v) is 18.5. The minimum absolute atomic E-state index is 0.378. The lowest BCUT2D eigenvalue weighted by Gasteiger charge is -2.13. The van der Waals surface area contributed by atoms with Gasteiger partial charge >= 0.3 is 0 Å². The fourth-order valence-electron chi connectivity index (χ4n) is 4.44. The number of thiophene rings is 1. The summed E-state index contributed by atoms with van der Waals surface area (Å²) in [5.41, 5.74) is 3.60. The summed E-state index contributed by atoms with van der Waals surface area (Å²) in [6.45, 7) is 4.25. The first kappa shape index (κ1) is 19.3. The van der Waals surface area contributed by atoms with Crippen molar-refractivity contribution >= 4 is 38.7 Å². The molecule has 0 spiro atoms. The molecule has 0 bridgehead atoms. The predicted molar refractivity (Wildman–Crippen MR) is 121 cm³/mol. The Labute approximate surface area is 179 Å². The number of ketones is 1. The van der Waals surface area contributed by atoms with Gasteiger partial charge in [-0.25, -0.2) is 4.98 Å². The lowest BCUT2D eigenvalue weighted by atomic mass is 9.97. The molecule has 3 aromatic heterocycles. The number of pyridine rings is 1. The Kier molecular flexibility index (Phi) is 5.50. The van der Waals surface area contributed by atoms with E-state index in [1.807, 2.05) is 29.8 Å². The number of aromatic nitrogens is 2. The molecule has 4 heterocycles. The van der Waals surface area contributed by atoms with Crippen LogP contribution in [0.2, 0.25) is 0 Å². The van der Waals surface area contributed by atoms with E-state index in [9.17, 15) is 4.79 Å². The van der Waals surface area contributed by atoms with Crippen molar-refractivity contribution in [1.29, 1.82) is 0 Å². The van der Waals surface area contributed by atoms with Crippen LogP contribution in [0.25, 0.3) is 20.8 Å². The Morgan fingerprint density at radius 1 is 1.34 bits per heavy atom. The Balaban J connectivity index is 1.37. The molecular formula is C23H27N3OS2. The minimum Gasteiger partial charge on any atom is -0.312 e. The van der Waals surface area contributed by atoms with E-state index in [-0.39, 0.29) is 0 Å². The maximum absolute atomic E-state index is 12.8. The number of hydrogen-bond donors (Lipinski definition) is 1. The highest BCUT2D eigenvalue weighted by molar-refractivity contribution is 7.22. The van der Waals surface area contributed by atoms with Crippen LogP contribution in [0.4, 0.5) is 0 Å². The van der Waals surface area contributed by atoms with Gasteiger partial charge in [-0.05, 0) is 55.7 Å². The molecule has 1 N–H and O–H groups in total. The number of fused-ring (bicyclic) bond motifs is 2. The van der Waals surface area contributed by atoms with Gasteiger partial charge in [0.25, 0.3) is 0 Å². The maximum atomic E-state index is 12.8. The first-order valence-corrected chi connectivity index (χ1v) is 12.4. The highest BCUT2D eigenvalue weighted by atomic mass is 32.1. The van der Waals surface area contributed by atoms with E-state index >= 15 is 0 Å². The largest absolute Gasteiger partial charge is 0.312 e. The zero-order valence-electron chi connectivity index (χ0n) is 16.9. The molecule has 3 aromatic rings. The average Bonchev–Trinajstić information content (AvgIpc) is 3.39. The third-order valence-corrected chi connectivity index (χ3v) is 8.59. The minimum atomic E-state index is 0.378. The van der Waals surface area contributed by atoms with Gasteiger partial charge in [-0.1, -0.05) is 13.3 Å². The second-order valence-corrected chi connectivity index (χ2v) is 10.7. The first-order chi connectivity index (χ1) is 14.2. The Morgan fingerprint density at radius 3 is 3.07 bits per heavy atom. The number of thiazole rings is 1. The van der Waals surface area contributed by atoms with Gasteiger partial charge in [-0.15, -0.1) is 22.7 Å². The molecule has 1 fully saturated rings. The number of nitrogens with one attached hydrogen (secondary N) is 1. The van der Waals surface area contributed by atoms with Crippen LogP contribution in [0.5, 0.6) is 0 Å². The van der Waals surface area contributed by atoms with Crippen molar-refractivity contribution in [2.45, 2.75) is 58.4 Å². The summed E-state index contributed by atoms with van der Waals surface area (Å²) in [7, 11) is 0. The van der Waals surface area contributed by atoms with Crippen LogP contribution >= 0.6 is 22.7 Å². The molecule has 4 nitrogen and oxygen atoms in total. The second kappa shape index (κ2) is 8.25. The van der Waals surface area contributed by atoms with E-state index in [0.717, 1.165) is 53.0 Å². The lowest BCUT2D eigenvalue weighted by molar-refractivity contribution is -0.118. The van der Waals surface area contributed by atoms with Crippen LogP contribution in [0.3, 0.4) is 0 Å². The van der Waals surface area contributed by atoms with E-state index in [1.54, 1.807) is 11.3 Å². The van der Waals surface area contributed by atoms with Gasteiger partial charge in [-0.2, -0.15) is 0 Å². The van der Waals surface area contributed by atoms with E-state index < -0.39 is 0 Å². The normalized spacial score (nSPS) is 17.4. The summed E-state index contributed by atoms with van der Waals surface area (Å²) in [5, 5.41) is 4.53. The SMILES string of the molecule is C[C@H](CCCC(=O)Cc1sc2c(c1-c1nc3cnccc3s1)CCNC2)C1CC1. The number of Topliss-reactive ketones (excluding diaryl/α,β-unsaturated/α-hetero) is 1. The number of hydrogen-bond acceptors (Lipinski definition) is 6. The number of carbonyl (C=O) groups excluding carboxylic acids is 1. The maximum Gasteiger partial charge on any atom is 0.138 e. The van der Waals surface area contributed by atoms with Crippen molar-refractivity contribution in [2.24, 2.45) is 11.8 Å². The van der Waals surface area contributed by atoms with Gasteiger partial charge in [-0.3, -0.25) is 9.78 Å². The predicted octanol–water partition coefficient (Wildman–Crippen LogP) is 5.39. The molecule has 0 amide bonds. The molecule has 29 heavy (non-hydrogen) atoms. The molecule has 1 aliphatic heterocycles. The molecule has 6 heteroatoms. The summed E-state index contributed by atoms with van der Waals surface area (Å²) in [5.74, 6) is 2.10. The van der Waals surface area contributed by atoms with Crippen LogP contribution < -0.4 is 5.32 Å². The molecule has 1 atom stereocenters. The van der Waals surface area contributed by atoms with Crippen molar-refractivity contribution in [3.63, 3.8) is 0 Å². The fraction of sp³-hybridized carbons (Fsp3) is 0.522. The van der Waals surface area contributed by atoms with Crippen molar-refractivity contribution in [1.82, 2.24) is 15.3 Å². The average molecular weight is 426 g/mol. The quantitative estimate of drug-likeness (QED) is 0.525. The molecular weight excluding hydrogens is 398 g/mol. The monoisotopic (exact) mass is 425 g/mol. The van der Waals surface area contributed by atoms with Crippen LogP contribution in [-0.2, 0) is 24.2 Å². The van der Waals surface area contributed by atoms with Crippen LogP contribution in [0.1, 0.15) is 54.3 Å². The first-order valence-electron chi connectivity index (χ1n) is 10.8. The highest BCUT2D eigenvalue weighted by Crippen LogP contribution is 2.42. The van der Waals surface area contributed by atoms with Gasteiger partial charge in [0.2, 0.25) is 0 Å². The number of carbonyl (C=O) groups is 1. The molecule has 0 saturated heterocycles. The summed E-state index contributed by atoms with van der Waals surface area (Å²) >= 11 is 3.54. The standard InChI is InChI=1S/C23H27N3OS2/c1-14(15-5-6-15)3-2-4-16(27)11-20-22(17-7-9-25-13-21(17)28-20)23-26-18-12-24-10-8-19(18)29-23/h8,10,12,14-15,25H,2-7,9,11,13H2,1H3/t14-/m1/s1. The Morgan fingerprint density at radius 2 is 2.24 bits per heavy atom. The second-order valence-electron chi connectivity index (χ2n) is 8.51. The number of nitrogens with zero attached hydrogens (tertiary/aromatic N) is 2. The molecule has 0 unspecified atom stereocenters. The molecule has 1 aliphatic carbocycles. The number of rotatable bonds is 8. The topological polar surface area (TPSA) is 54.9 Å². The van der Waals surface area contributed by atoms with Crippen molar-refractivity contribution in [2.75, 3.05) is 6.54 Å². The molecule has 5 rings (SSSR count). The zero-order chi connectivity index (χ0) is 19.8. The van der Waals surface area contributed by atoms with Gasteiger partial charge in [0.15, 0.2) is 0 Å². The van der Waals surface area contributed by atoms with Crippen molar-refractivity contribution in [3.8, 4) is 10.6 Å². The van der Waals surface area contributed by atoms with Crippen LogP contribution in [0, 0.1) is 11.8 Å². The highest BCUT2D eigenvalue weighted by Gasteiger charge is 2.28. The van der Waals surface area contributed by atoms with Crippen molar-refractivity contribution in [3.05, 3.63) is 33.8 Å².